The van der Waals surface area contributed by atoms with E-state index < -0.39 is 12.0 Å². The minimum atomic E-state index is -0.836. The van der Waals surface area contributed by atoms with Crippen LogP contribution in [0, 0.1) is 0 Å². The summed E-state index contributed by atoms with van der Waals surface area (Å²) in [5, 5.41) is 19.9. The molecule has 0 saturated carbocycles. The molecule has 0 aromatic rings. The molecule has 3 N–H and O–H groups in total. The van der Waals surface area contributed by atoms with E-state index in [2.05, 4.69) is 5.32 Å². The minimum Gasteiger partial charge on any atom is -0.480 e. The summed E-state index contributed by atoms with van der Waals surface area (Å²) in [7, 11) is 0. The average molecular weight is 175 g/mol. The predicted octanol–water partition coefficient (Wildman–Crippen LogP) is 0.212. The molecule has 4 heteroatoms. The first-order chi connectivity index (χ1) is 5.72. The first-order valence-electron chi connectivity index (χ1n) is 4.29. The van der Waals surface area contributed by atoms with Crippen LogP contribution in [0.4, 0.5) is 0 Å². The van der Waals surface area contributed by atoms with Crippen molar-refractivity contribution in [3.63, 3.8) is 0 Å². The number of carboxylic acids is 1. The number of hydrogen-bond donors (Lipinski definition) is 3. The number of rotatable bonds is 7. The van der Waals surface area contributed by atoms with E-state index in [-0.39, 0.29) is 6.61 Å². The summed E-state index contributed by atoms with van der Waals surface area (Å²) in [5.74, 6) is -0.836. The van der Waals surface area contributed by atoms with Crippen LogP contribution in [-0.4, -0.2) is 35.4 Å². The standard InChI is InChI=1S/C8H17NO3/c1-2-3-4-7(8(11)12)9-5-6-10/h7,9-10H,2-6H2,1H3,(H,11,12). The van der Waals surface area contributed by atoms with Crippen LogP contribution in [0.5, 0.6) is 0 Å². The lowest BCUT2D eigenvalue weighted by molar-refractivity contribution is -0.139. The number of nitrogens with one attached hydrogen (secondary N) is 1. The lowest BCUT2D eigenvalue weighted by Gasteiger charge is -2.12. The minimum absolute atomic E-state index is 0.0180. The van der Waals surface area contributed by atoms with Crippen molar-refractivity contribution in [1.82, 2.24) is 5.32 Å². The van der Waals surface area contributed by atoms with Crippen molar-refractivity contribution in [2.75, 3.05) is 13.2 Å². The highest BCUT2D eigenvalue weighted by atomic mass is 16.4. The fourth-order valence-corrected chi connectivity index (χ4v) is 0.960. The van der Waals surface area contributed by atoms with Crippen molar-refractivity contribution in [2.24, 2.45) is 0 Å². The fraction of sp³-hybridized carbons (Fsp3) is 0.875. The molecule has 0 aliphatic rings. The number of unbranched alkanes of at least 4 members (excludes halogenated alkanes) is 1. The highest BCUT2D eigenvalue weighted by Gasteiger charge is 2.14. The average Bonchev–Trinajstić information content (AvgIpc) is 2.04. The van der Waals surface area contributed by atoms with Gasteiger partial charge in [0.1, 0.15) is 6.04 Å². The van der Waals surface area contributed by atoms with E-state index in [1.807, 2.05) is 6.92 Å². The predicted molar refractivity (Wildman–Crippen MR) is 46.0 cm³/mol. The van der Waals surface area contributed by atoms with Gasteiger partial charge in [0.05, 0.1) is 6.61 Å². The molecule has 0 aliphatic carbocycles. The molecule has 0 fully saturated rings. The summed E-state index contributed by atoms with van der Waals surface area (Å²) in [5.41, 5.74) is 0. The van der Waals surface area contributed by atoms with Crippen LogP contribution in [0.1, 0.15) is 26.2 Å². The van der Waals surface area contributed by atoms with Gasteiger partial charge in [0.2, 0.25) is 0 Å². The number of aliphatic hydroxyl groups excluding tert-OH is 1. The zero-order valence-corrected chi connectivity index (χ0v) is 7.42. The van der Waals surface area contributed by atoms with Gasteiger partial charge in [0, 0.05) is 6.54 Å². The normalized spacial score (nSPS) is 12.8. The zero-order valence-electron chi connectivity index (χ0n) is 7.42. The molecule has 0 radical (unpaired) electrons. The van der Waals surface area contributed by atoms with E-state index in [4.69, 9.17) is 10.2 Å². The van der Waals surface area contributed by atoms with Crippen molar-refractivity contribution in [3.8, 4) is 0 Å². The Balaban J connectivity index is 3.62. The molecule has 0 spiro atoms. The number of carbonyl (C=O) groups is 1. The molecule has 4 nitrogen and oxygen atoms in total. The molecule has 0 aliphatic heterocycles. The van der Waals surface area contributed by atoms with Gasteiger partial charge in [-0.05, 0) is 6.42 Å². The molecule has 0 heterocycles. The number of carboxylic acid groups (broad SMARTS) is 1. The van der Waals surface area contributed by atoms with Gasteiger partial charge in [-0.2, -0.15) is 0 Å². The van der Waals surface area contributed by atoms with Gasteiger partial charge in [-0.3, -0.25) is 4.79 Å². The summed E-state index contributed by atoms with van der Waals surface area (Å²) >= 11 is 0. The Morgan fingerprint density at radius 2 is 2.25 bits per heavy atom. The van der Waals surface area contributed by atoms with E-state index >= 15 is 0 Å². The largest absolute Gasteiger partial charge is 0.480 e. The first-order valence-corrected chi connectivity index (χ1v) is 4.29. The van der Waals surface area contributed by atoms with E-state index in [1.54, 1.807) is 0 Å². The summed E-state index contributed by atoms with van der Waals surface area (Å²) < 4.78 is 0. The molecular weight excluding hydrogens is 158 g/mol. The van der Waals surface area contributed by atoms with Crippen LogP contribution >= 0.6 is 0 Å². The van der Waals surface area contributed by atoms with E-state index in [9.17, 15) is 4.79 Å². The Labute approximate surface area is 72.6 Å². The summed E-state index contributed by atoms with van der Waals surface area (Å²) in [4.78, 5) is 10.6. The molecule has 0 aromatic carbocycles. The Kier molecular flexibility index (Phi) is 6.70. The lowest BCUT2D eigenvalue weighted by Crippen LogP contribution is -2.38. The maximum Gasteiger partial charge on any atom is 0.320 e. The molecule has 1 atom stereocenters. The Hall–Kier alpha value is -0.610. The van der Waals surface area contributed by atoms with Crippen molar-refractivity contribution in [2.45, 2.75) is 32.2 Å². The quantitative estimate of drug-likeness (QED) is 0.517. The molecule has 1 unspecified atom stereocenters. The summed E-state index contributed by atoms with van der Waals surface area (Å²) in [6.45, 7) is 2.35. The second-order valence-corrected chi connectivity index (χ2v) is 2.71. The molecule has 12 heavy (non-hydrogen) atoms. The van der Waals surface area contributed by atoms with Crippen LogP contribution in [0.25, 0.3) is 0 Å². The zero-order chi connectivity index (χ0) is 9.40. The van der Waals surface area contributed by atoms with Crippen LogP contribution in [0.2, 0.25) is 0 Å². The Morgan fingerprint density at radius 1 is 1.58 bits per heavy atom. The number of aliphatic hydroxyl groups is 1. The van der Waals surface area contributed by atoms with Crippen molar-refractivity contribution < 1.29 is 15.0 Å². The molecule has 0 amide bonds. The first kappa shape index (κ1) is 11.4. The monoisotopic (exact) mass is 175 g/mol. The third kappa shape index (κ3) is 5.09. The molecule has 0 aromatic heterocycles. The maximum absolute atomic E-state index is 10.6. The fourth-order valence-electron chi connectivity index (χ4n) is 0.960. The van der Waals surface area contributed by atoms with Gasteiger partial charge >= 0.3 is 5.97 Å². The molecule has 0 rings (SSSR count). The van der Waals surface area contributed by atoms with E-state index in [0.717, 1.165) is 12.8 Å². The molecule has 0 bridgehead atoms. The van der Waals surface area contributed by atoms with Crippen molar-refractivity contribution >= 4 is 5.97 Å². The molecule has 72 valence electrons. The van der Waals surface area contributed by atoms with Crippen LogP contribution in [-0.2, 0) is 4.79 Å². The number of aliphatic carboxylic acids is 1. The second-order valence-electron chi connectivity index (χ2n) is 2.71. The lowest BCUT2D eigenvalue weighted by atomic mass is 10.1. The third-order valence-corrected chi connectivity index (χ3v) is 1.65. The van der Waals surface area contributed by atoms with Gasteiger partial charge in [0.15, 0.2) is 0 Å². The Morgan fingerprint density at radius 3 is 2.67 bits per heavy atom. The highest BCUT2D eigenvalue weighted by molar-refractivity contribution is 5.73. The van der Waals surface area contributed by atoms with Gasteiger partial charge in [-0.15, -0.1) is 0 Å². The molecule has 0 saturated heterocycles. The third-order valence-electron chi connectivity index (χ3n) is 1.65. The Bertz CT molecular complexity index is 119. The molecular formula is C8H17NO3. The van der Waals surface area contributed by atoms with Crippen molar-refractivity contribution in [3.05, 3.63) is 0 Å². The van der Waals surface area contributed by atoms with Crippen LogP contribution in [0.15, 0.2) is 0 Å². The van der Waals surface area contributed by atoms with Gasteiger partial charge in [0.25, 0.3) is 0 Å². The summed E-state index contributed by atoms with van der Waals surface area (Å²) in [6, 6.07) is -0.503. The number of hydrogen-bond acceptors (Lipinski definition) is 3. The van der Waals surface area contributed by atoms with Gasteiger partial charge in [-0.1, -0.05) is 19.8 Å². The van der Waals surface area contributed by atoms with E-state index in [1.165, 1.54) is 0 Å². The van der Waals surface area contributed by atoms with Crippen LogP contribution < -0.4 is 5.32 Å². The van der Waals surface area contributed by atoms with Crippen molar-refractivity contribution in [1.29, 1.82) is 0 Å². The van der Waals surface area contributed by atoms with Crippen LogP contribution in [0.3, 0.4) is 0 Å². The second kappa shape index (κ2) is 7.06. The maximum atomic E-state index is 10.6. The van der Waals surface area contributed by atoms with E-state index in [0.29, 0.717) is 13.0 Å². The SMILES string of the molecule is CCCCC(NCCO)C(=O)O. The highest BCUT2D eigenvalue weighted by Crippen LogP contribution is 2.00. The topological polar surface area (TPSA) is 69.6 Å². The van der Waals surface area contributed by atoms with Gasteiger partial charge < -0.3 is 15.5 Å². The smallest absolute Gasteiger partial charge is 0.320 e. The van der Waals surface area contributed by atoms with Gasteiger partial charge in [-0.25, -0.2) is 0 Å². The summed E-state index contributed by atoms with van der Waals surface area (Å²) in [6.07, 6.45) is 2.52.